The highest BCUT2D eigenvalue weighted by Gasteiger charge is 2.47. The van der Waals surface area contributed by atoms with Gasteiger partial charge in [0.15, 0.2) is 11.7 Å². The van der Waals surface area contributed by atoms with Crippen molar-refractivity contribution < 1.29 is 18.0 Å². The number of aromatic nitrogens is 2. The molecule has 2 aliphatic heterocycles. The van der Waals surface area contributed by atoms with Gasteiger partial charge < -0.3 is 10.2 Å². The molecule has 3 heterocycles. The highest BCUT2D eigenvalue weighted by Crippen LogP contribution is 2.44. The summed E-state index contributed by atoms with van der Waals surface area (Å²) in [6.07, 6.45) is -3.21. The molecular weight excluding hydrogens is 476 g/mol. The van der Waals surface area contributed by atoms with Crippen LogP contribution in [-0.2, 0) is 6.42 Å². The van der Waals surface area contributed by atoms with Crippen LogP contribution in [0.1, 0.15) is 46.5 Å². The van der Waals surface area contributed by atoms with E-state index in [0.29, 0.717) is 17.1 Å². The first-order valence-electron chi connectivity index (χ1n) is 10.5. The summed E-state index contributed by atoms with van der Waals surface area (Å²) in [7, 11) is 0. The Balaban J connectivity index is 1.50. The number of hydrogen-bond acceptors (Lipinski definition) is 3. The Hall–Kier alpha value is -2.71. The molecule has 0 spiro atoms. The zero-order valence-electron chi connectivity index (χ0n) is 17.2. The number of alkyl halides is 3. The fourth-order valence-corrected chi connectivity index (χ4v) is 4.82. The Kier molecular flexibility index (Phi) is 5.53. The van der Waals surface area contributed by atoms with E-state index in [-0.39, 0.29) is 23.0 Å². The average molecular weight is 495 g/mol. The van der Waals surface area contributed by atoms with E-state index in [9.17, 15) is 18.0 Å². The number of aryl methyl sites for hydroxylation is 1. The maximum Gasteiger partial charge on any atom is 0.410 e. The molecule has 2 aliphatic rings. The molecule has 0 saturated carbocycles. The summed E-state index contributed by atoms with van der Waals surface area (Å²) in [6.45, 7) is 0.486. The van der Waals surface area contributed by atoms with Crippen molar-refractivity contribution >= 4 is 40.6 Å². The molecule has 0 bridgehead atoms. The molecule has 172 valence electrons. The van der Waals surface area contributed by atoms with Crippen molar-refractivity contribution in [3.05, 3.63) is 75.4 Å². The number of benzene rings is 2. The smallest absolute Gasteiger partial charge is 0.363 e. The third-order valence-electron chi connectivity index (χ3n) is 6.11. The van der Waals surface area contributed by atoms with Gasteiger partial charge in [0.05, 0.1) is 16.1 Å². The summed E-state index contributed by atoms with van der Waals surface area (Å²) < 4.78 is 42.8. The number of carbonyl (C=O) groups excluding carboxylic acids is 1. The number of nitrogens with zero attached hydrogens (tertiary/aromatic N) is 3. The van der Waals surface area contributed by atoms with Crippen LogP contribution in [0.15, 0.2) is 48.5 Å². The van der Waals surface area contributed by atoms with E-state index >= 15 is 0 Å². The van der Waals surface area contributed by atoms with Crippen LogP contribution in [-0.4, -0.2) is 28.4 Å². The zero-order chi connectivity index (χ0) is 23.3. The second-order valence-corrected chi connectivity index (χ2v) is 9.03. The van der Waals surface area contributed by atoms with Crippen LogP contribution < -0.4 is 10.2 Å². The van der Waals surface area contributed by atoms with Gasteiger partial charge in [-0.05, 0) is 42.2 Å². The van der Waals surface area contributed by atoms with Crippen molar-refractivity contribution in [1.82, 2.24) is 9.78 Å². The molecule has 10 heteroatoms. The molecule has 0 fully saturated rings. The predicted octanol–water partition coefficient (Wildman–Crippen LogP) is 6.44. The number of anilines is 2. The molecule has 1 aromatic heterocycles. The first-order valence-corrected chi connectivity index (χ1v) is 11.3. The van der Waals surface area contributed by atoms with Crippen LogP contribution in [0.25, 0.3) is 0 Å². The molecule has 5 nitrogen and oxygen atoms in total. The highest BCUT2D eigenvalue weighted by atomic mass is 35.5. The van der Waals surface area contributed by atoms with Gasteiger partial charge in [0.25, 0.3) is 5.91 Å². The first-order chi connectivity index (χ1) is 15.7. The molecule has 0 unspecified atom stereocenters. The lowest BCUT2D eigenvalue weighted by atomic mass is 9.97. The summed E-state index contributed by atoms with van der Waals surface area (Å²) in [4.78, 5) is 14.9. The van der Waals surface area contributed by atoms with Crippen molar-refractivity contribution in [2.24, 2.45) is 0 Å². The molecule has 1 N–H and O–H groups in total. The number of halogens is 5. The fourth-order valence-electron chi connectivity index (χ4n) is 4.51. The third-order valence-corrected chi connectivity index (χ3v) is 6.85. The summed E-state index contributed by atoms with van der Waals surface area (Å²) in [6, 6.07) is 11.1. The van der Waals surface area contributed by atoms with E-state index in [2.05, 4.69) is 10.4 Å². The molecular formula is C23H19Cl2F3N4O. The Morgan fingerprint density at radius 1 is 1.09 bits per heavy atom. The SMILES string of the molecule is O=C(c1cc2n(n1)[C@H](C(F)(F)F)C[C@@H](c1ccc(Cl)c(Cl)c1)N2)N1CCCc2ccccc21. The van der Waals surface area contributed by atoms with E-state index in [1.165, 1.54) is 6.07 Å². The van der Waals surface area contributed by atoms with Crippen LogP contribution in [0.5, 0.6) is 0 Å². The second kappa shape index (κ2) is 8.25. The number of carbonyl (C=O) groups is 1. The summed E-state index contributed by atoms with van der Waals surface area (Å²) >= 11 is 12.0. The van der Waals surface area contributed by atoms with Gasteiger partial charge in [-0.2, -0.15) is 18.3 Å². The number of rotatable bonds is 2. The molecule has 0 saturated heterocycles. The zero-order valence-corrected chi connectivity index (χ0v) is 18.8. The number of nitrogens with one attached hydrogen (secondary N) is 1. The van der Waals surface area contributed by atoms with Crippen LogP contribution >= 0.6 is 23.2 Å². The summed E-state index contributed by atoms with van der Waals surface area (Å²) in [5, 5.41) is 7.77. The van der Waals surface area contributed by atoms with E-state index in [1.54, 1.807) is 23.1 Å². The number of fused-ring (bicyclic) bond motifs is 2. The lowest BCUT2D eigenvalue weighted by Gasteiger charge is -2.33. The van der Waals surface area contributed by atoms with Gasteiger partial charge in [0, 0.05) is 24.7 Å². The van der Waals surface area contributed by atoms with Crippen LogP contribution in [0, 0.1) is 0 Å². The van der Waals surface area contributed by atoms with Gasteiger partial charge in [0.1, 0.15) is 5.82 Å². The molecule has 1 amide bonds. The fraction of sp³-hybridized carbons (Fsp3) is 0.304. The minimum absolute atomic E-state index is 0.0294. The van der Waals surface area contributed by atoms with Crippen LogP contribution in [0.2, 0.25) is 10.0 Å². The standard InChI is InChI=1S/C23H19Cl2F3N4O/c24-15-8-7-14(10-16(15)25)17-11-20(23(26,27)28)32-21(29-17)12-18(30-32)22(33)31-9-3-5-13-4-1-2-6-19(13)31/h1-2,4,6-8,10,12,17,20,29H,3,5,9,11H2/t17-,20-/m0/s1. The van der Waals surface area contributed by atoms with Crippen LogP contribution in [0.3, 0.4) is 0 Å². The lowest BCUT2D eigenvalue weighted by Crippen LogP contribution is -2.37. The van der Waals surface area contributed by atoms with E-state index < -0.39 is 24.2 Å². The average Bonchev–Trinajstić information content (AvgIpc) is 3.23. The monoisotopic (exact) mass is 494 g/mol. The minimum Gasteiger partial charge on any atom is -0.363 e. The third kappa shape index (κ3) is 4.06. The predicted molar refractivity (Wildman–Crippen MR) is 121 cm³/mol. The molecule has 2 aromatic carbocycles. The summed E-state index contributed by atoms with van der Waals surface area (Å²) in [5.74, 6) is -0.286. The van der Waals surface area contributed by atoms with Gasteiger partial charge in [-0.1, -0.05) is 47.5 Å². The quantitative estimate of drug-likeness (QED) is 0.445. The summed E-state index contributed by atoms with van der Waals surface area (Å²) in [5.41, 5.74) is 2.35. The Labute approximate surface area is 198 Å². The first kappa shape index (κ1) is 22.1. The number of hydrogen-bond donors (Lipinski definition) is 1. The van der Waals surface area contributed by atoms with Gasteiger partial charge in [0.2, 0.25) is 0 Å². The van der Waals surface area contributed by atoms with Gasteiger partial charge in [-0.15, -0.1) is 0 Å². The molecule has 0 aliphatic carbocycles. The van der Waals surface area contributed by atoms with E-state index in [0.717, 1.165) is 28.8 Å². The van der Waals surface area contributed by atoms with Gasteiger partial charge in [-0.3, -0.25) is 4.79 Å². The van der Waals surface area contributed by atoms with Crippen molar-refractivity contribution in [2.75, 3.05) is 16.8 Å². The number of para-hydroxylation sites is 1. The lowest BCUT2D eigenvalue weighted by molar-refractivity contribution is -0.173. The second-order valence-electron chi connectivity index (χ2n) is 8.21. The van der Waals surface area contributed by atoms with E-state index in [1.807, 2.05) is 24.3 Å². The van der Waals surface area contributed by atoms with Gasteiger partial charge in [-0.25, -0.2) is 4.68 Å². The van der Waals surface area contributed by atoms with Crippen LogP contribution in [0.4, 0.5) is 24.7 Å². The van der Waals surface area contributed by atoms with Gasteiger partial charge >= 0.3 is 6.18 Å². The van der Waals surface area contributed by atoms with Crippen molar-refractivity contribution in [3.8, 4) is 0 Å². The largest absolute Gasteiger partial charge is 0.410 e. The Morgan fingerprint density at radius 3 is 2.64 bits per heavy atom. The maximum absolute atomic E-state index is 14.0. The highest BCUT2D eigenvalue weighted by molar-refractivity contribution is 6.42. The normalized spacial score (nSPS) is 20.1. The van der Waals surface area contributed by atoms with Crippen molar-refractivity contribution in [1.29, 1.82) is 0 Å². The van der Waals surface area contributed by atoms with Crippen molar-refractivity contribution in [3.63, 3.8) is 0 Å². The van der Waals surface area contributed by atoms with Crippen molar-refractivity contribution in [2.45, 2.75) is 37.5 Å². The molecule has 5 rings (SSSR count). The Morgan fingerprint density at radius 2 is 1.88 bits per heavy atom. The molecule has 33 heavy (non-hydrogen) atoms. The van der Waals surface area contributed by atoms with E-state index in [4.69, 9.17) is 23.2 Å². The molecule has 2 atom stereocenters. The topological polar surface area (TPSA) is 50.2 Å². The maximum atomic E-state index is 14.0. The number of amides is 1. The molecule has 0 radical (unpaired) electrons. The minimum atomic E-state index is -4.55. The Bertz CT molecular complexity index is 1230. The molecule has 3 aromatic rings.